The number of nitrogens with two attached hydrogens (primary N) is 1. The molecule has 0 amide bonds. The molecule has 0 spiro atoms. The fourth-order valence-electron chi connectivity index (χ4n) is 3.97. The summed E-state index contributed by atoms with van der Waals surface area (Å²) in [6.07, 6.45) is 3.51. The van der Waals surface area contributed by atoms with Crippen LogP contribution in [0.5, 0.6) is 0 Å². The van der Waals surface area contributed by atoms with Crippen molar-refractivity contribution >= 4 is 16.9 Å². The van der Waals surface area contributed by atoms with Crippen molar-refractivity contribution in [1.29, 1.82) is 0 Å². The molecule has 2 fully saturated rings. The molecule has 5 heterocycles. The summed E-state index contributed by atoms with van der Waals surface area (Å²) in [5.74, 6) is 1.49. The van der Waals surface area contributed by atoms with E-state index in [2.05, 4.69) is 15.3 Å². The topological polar surface area (TPSA) is 108 Å². The Morgan fingerprint density at radius 3 is 2.76 bits per heavy atom. The van der Waals surface area contributed by atoms with Crippen molar-refractivity contribution in [2.24, 2.45) is 0 Å². The molecule has 0 saturated carbocycles. The van der Waals surface area contributed by atoms with E-state index in [-0.39, 0.29) is 12.0 Å². The Morgan fingerprint density at radius 2 is 1.93 bits per heavy atom. The van der Waals surface area contributed by atoms with E-state index < -0.39 is 0 Å². The number of hydrogen-bond acceptors (Lipinski definition) is 8. The second-order valence-electron chi connectivity index (χ2n) is 7.42. The van der Waals surface area contributed by atoms with Crippen molar-refractivity contribution in [3.05, 3.63) is 42.0 Å². The van der Waals surface area contributed by atoms with Crippen LogP contribution in [-0.2, 0) is 9.47 Å². The van der Waals surface area contributed by atoms with Crippen LogP contribution in [-0.4, -0.2) is 52.8 Å². The summed E-state index contributed by atoms with van der Waals surface area (Å²) in [6.45, 7) is 3.73. The smallest absolute Gasteiger partial charge is 0.165 e. The van der Waals surface area contributed by atoms with Crippen LogP contribution in [0.15, 0.2) is 30.5 Å². The number of ether oxygens (including phenoxy) is 2. The van der Waals surface area contributed by atoms with Gasteiger partial charge >= 0.3 is 0 Å². The van der Waals surface area contributed by atoms with Gasteiger partial charge in [-0.15, -0.1) is 0 Å². The van der Waals surface area contributed by atoms with Gasteiger partial charge in [0.15, 0.2) is 5.65 Å². The zero-order chi connectivity index (χ0) is 19.6. The van der Waals surface area contributed by atoms with Gasteiger partial charge in [0.2, 0.25) is 0 Å². The van der Waals surface area contributed by atoms with Crippen molar-refractivity contribution in [2.75, 3.05) is 38.6 Å². The van der Waals surface area contributed by atoms with Crippen molar-refractivity contribution in [2.45, 2.75) is 24.9 Å². The van der Waals surface area contributed by atoms with Gasteiger partial charge in [-0.3, -0.25) is 4.98 Å². The average molecular weight is 392 g/mol. The Labute approximate surface area is 168 Å². The predicted octanol–water partition coefficient (Wildman–Crippen LogP) is 2.22. The first-order valence-corrected chi connectivity index (χ1v) is 10.1. The van der Waals surface area contributed by atoms with E-state index in [0.29, 0.717) is 18.1 Å². The van der Waals surface area contributed by atoms with Crippen LogP contribution in [0.4, 0.5) is 5.82 Å². The van der Waals surface area contributed by atoms with Gasteiger partial charge in [-0.25, -0.2) is 15.0 Å². The highest BCUT2D eigenvalue weighted by atomic mass is 16.5. The van der Waals surface area contributed by atoms with Gasteiger partial charge in [-0.2, -0.15) is 0 Å². The first-order chi connectivity index (χ1) is 14.3. The average Bonchev–Trinajstić information content (AvgIpc) is 2.80. The minimum Gasteiger partial charge on any atom is -0.383 e. The van der Waals surface area contributed by atoms with Gasteiger partial charge in [-0.1, -0.05) is 0 Å². The lowest BCUT2D eigenvalue weighted by atomic mass is 9.99. The van der Waals surface area contributed by atoms with Crippen LogP contribution in [0, 0.1) is 0 Å². The first-order valence-electron chi connectivity index (χ1n) is 10.1. The molecular formula is C21H24N6O2. The highest BCUT2D eigenvalue weighted by molar-refractivity contribution is 5.87. The molecule has 3 aromatic heterocycles. The van der Waals surface area contributed by atoms with Gasteiger partial charge in [0.1, 0.15) is 17.7 Å². The highest BCUT2D eigenvalue weighted by Crippen LogP contribution is 2.31. The molecule has 2 saturated heterocycles. The molecule has 0 radical (unpaired) electrons. The number of fused-ring (bicyclic) bond motifs is 1. The van der Waals surface area contributed by atoms with Crippen LogP contribution in [0.3, 0.4) is 0 Å². The molecule has 150 valence electrons. The van der Waals surface area contributed by atoms with Crippen molar-refractivity contribution in [3.63, 3.8) is 0 Å². The first kappa shape index (κ1) is 18.4. The maximum atomic E-state index is 6.24. The summed E-state index contributed by atoms with van der Waals surface area (Å²) in [7, 11) is 0. The zero-order valence-electron chi connectivity index (χ0n) is 16.2. The fraction of sp³-hybridized carbons (Fsp3) is 0.429. The third kappa shape index (κ3) is 3.66. The summed E-state index contributed by atoms with van der Waals surface area (Å²) in [6, 6.07) is 7.84. The molecular weight excluding hydrogens is 368 g/mol. The number of morpholine rings is 1. The lowest BCUT2D eigenvalue weighted by Gasteiger charge is -2.24. The standard InChI is InChI=1S/C21H24N6O2/c22-19-15-3-4-16(14-2-1-7-24-18(14)17-12-23-8-11-29-17)25-21(15)27-20(26-19)13-5-9-28-10-6-13/h1-4,7,13,17,23H,5-6,8-12H2,(H2,22,25,26,27)/t17-/m0/s1. The summed E-state index contributed by atoms with van der Waals surface area (Å²) >= 11 is 0. The van der Waals surface area contributed by atoms with Crippen LogP contribution < -0.4 is 11.1 Å². The molecule has 3 N–H and O–H groups in total. The molecule has 0 aromatic carbocycles. The van der Waals surface area contributed by atoms with Gasteiger partial charge < -0.3 is 20.5 Å². The van der Waals surface area contributed by atoms with Crippen molar-refractivity contribution in [3.8, 4) is 11.3 Å². The van der Waals surface area contributed by atoms with E-state index in [9.17, 15) is 0 Å². The lowest BCUT2D eigenvalue weighted by Crippen LogP contribution is -2.34. The highest BCUT2D eigenvalue weighted by Gasteiger charge is 2.23. The Kier molecular flexibility index (Phi) is 5.05. The minimum absolute atomic E-state index is 0.0919. The van der Waals surface area contributed by atoms with Gasteiger partial charge in [-0.05, 0) is 37.1 Å². The van der Waals surface area contributed by atoms with Crippen LogP contribution in [0.1, 0.15) is 36.4 Å². The number of nitrogen functional groups attached to an aromatic ring is 1. The lowest BCUT2D eigenvalue weighted by molar-refractivity contribution is 0.0254. The van der Waals surface area contributed by atoms with Crippen LogP contribution >= 0.6 is 0 Å². The molecule has 29 heavy (non-hydrogen) atoms. The third-order valence-corrected chi connectivity index (χ3v) is 5.54. The molecule has 8 nitrogen and oxygen atoms in total. The van der Waals surface area contributed by atoms with E-state index in [1.165, 1.54) is 0 Å². The van der Waals surface area contributed by atoms with Crippen LogP contribution in [0.2, 0.25) is 0 Å². The molecule has 0 bridgehead atoms. The van der Waals surface area contributed by atoms with Crippen molar-refractivity contribution < 1.29 is 9.47 Å². The second kappa shape index (κ2) is 7.98. The van der Waals surface area contributed by atoms with E-state index in [4.69, 9.17) is 25.2 Å². The van der Waals surface area contributed by atoms with E-state index in [0.717, 1.165) is 67.3 Å². The summed E-state index contributed by atoms with van der Waals surface area (Å²) < 4.78 is 11.4. The molecule has 0 unspecified atom stereocenters. The van der Waals surface area contributed by atoms with Gasteiger partial charge in [0.25, 0.3) is 0 Å². The van der Waals surface area contributed by atoms with E-state index in [1.807, 2.05) is 24.3 Å². The third-order valence-electron chi connectivity index (χ3n) is 5.54. The number of nitrogens with zero attached hydrogens (tertiary/aromatic N) is 4. The molecule has 3 aromatic rings. The number of rotatable bonds is 3. The second-order valence-corrected chi connectivity index (χ2v) is 7.42. The van der Waals surface area contributed by atoms with Crippen LogP contribution in [0.25, 0.3) is 22.3 Å². The minimum atomic E-state index is -0.0919. The van der Waals surface area contributed by atoms with Crippen molar-refractivity contribution in [1.82, 2.24) is 25.3 Å². The molecule has 1 atom stereocenters. The number of aromatic nitrogens is 4. The number of hydrogen-bond donors (Lipinski definition) is 2. The Bertz CT molecular complexity index is 1020. The maximum Gasteiger partial charge on any atom is 0.165 e. The zero-order valence-corrected chi connectivity index (χ0v) is 16.2. The number of pyridine rings is 2. The molecule has 2 aliphatic heterocycles. The monoisotopic (exact) mass is 392 g/mol. The largest absolute Gasteiger partial charge is 0.383 e. The molecule has 8 heteroatoms. The molecule has 2 aliphatic rings. The Morgan fingerprint density at radius 1 is 1.03 bits per heavy atom. The number of nitrogens with one attached hydrogen (secondary N) is 1. The predicted molar refractivity (Wildman–Crippen MR) is 109 cm³/mol. The summed E-state index contributed by atoms with van der Waals surface area (Å²) in [5, 5.41) is 4.13. The molecule has 5 rings (SSSR count). The van der Waals surface area contributed by atoms with E-state index >= 15 is 0 Å². The quantitative estimate of drug-likeness (QED) is 0.699. The van der Waals surface area contributed by atoms with E-state index in [1.54, 1.807) is 6.20 Å². The summed E-state index contributed by atoms with van der Waals surface area (Å²) in [5.41, 5.74) is 9.51. The van der Waals surface area contributed by atoms with Gasteiger partial charge in [0.05, 0.1) is 23.4 Å². The Hall–Kier alpha value is -2.68. The normalized spacial score (nSPS) is 20.8. The molecule has 0 aliphatic carbocycles. The SMILES string of the molecule is Nc1nc(C2CCOCC2)nc2nc(-c3cccnc3[C@@H]3CNCCO3)ccc12. The Balaban J connectivity index is 1.56. The maximum absolute atomic E-state index is 6.24. The fourth-order valence-corrected chi connectivity index (χ4v) is 3.97. The summed E-state index contributed by atoms with van der Waals surface area (Å²) in [4.78, 5) is 18.7. The number of anilines is 1. The van der Waals surface area contributed by atoms with Gasteiger partial charge in [0, 0.05) is 44.0 Å².